The van der Waals surface area contributed by atoms with Crippen LogP contribution in [0.5, 0.6) is 5.75 Å². The maximum Gasteiger partial charge on any atom is 0.419 e. The fourth-order valence-corrected chi connectivity index (χ4v) is 1.51. The number of anilines is 1. The van der Waals surface area contributed by atoms with E-state index in [0.29, 0.717) is 18.0 Å². The predicted octanol–water partition coefficient (Wildman–Crippen LogP) is 4.14. The number of ether oxygens (including phenoxy) is 2. The Labute approximate surface area is 120 Å². The van der Waals surface area contributed by atoms with Gasteiger partial charge < -0.3 is 9.47 Å². The fourth-order valence-electron chi connectivity index (χ4n) is 1.51. The van der Waals surface area contributed by atoms with E-state index in [1.807, 2.05) is 32.9 Å². The predicted molar refractivity (Wildman–Crippen MR) is 81.0 cm³/mol. The van der Waals surface area contributed by atoms with E-state index in [1.54, 1.807) is 18.2 Å². The van der Waals surface area contributed by atoms with Crippen molar-refractivity contribution in [2.24, 2.45) is 0 Å². The Hall–Kier alpha value is -2.23. The van der Waals surface area contributed by atoms with Crippen molar-refractivity contribution in [2.45, 2.75) is 26.4 Å². The van der Waals surface area contributed by atoms with Gasteiger partial charge in [0.25, 0.3) is 0 Å². The molecule has 0 fully saturated rings. The molecule has 0 saturated carbocycles. The first-order chi connectivity index (χ1) is 9.39. The summed E-state index contributed by atoms with van der Waals surface area (Å²) in [4.78, 5) is 13.5. The molecule has 0 heterocycles. The van der Waals surface area contributed by atoms with Crippen LogP contribution in [0, 0.1) is 0 Å². The summed E-state index contributed by atoms with van der Waals surface area (Å²) >= 11 is 0. The van der Waals surface area contributed by atoms with Gasteiger partial charge in [0.2, 0.25) is 0 Å². The van der Waals surface area contributed by atoms with Crippen molar-refractivity contribution in [2.75, 3.05) is 11.5 Å². The first kappa shape index (κ1) is 15.8. The number of hydrogen-bond donors (Lipinski definition) is 0. The molecule has 4 heteroatoms. The van der Waals surface area contributed by atoms with Crippen molar-refractivity contribution in [1.82, 2.24) is 0 Å². The first-order valence-corrected chi connectivity index (χ1v) is 6.36. The average Bonchev–Trinajstić information content (AvgIpc) is 2.36. The van der Waals surface area contributed by atoms with Crippen LogP contribution in [0.15, 0.2) is 49.7 Å². The van der Waals surface area contributed by atoms with Gasteiger partial charge in [-0.3, -0.25) is 4.90 Å². The van der Waals surface area contributed by atoms with Gasteiger partial charge in [-0.1, -0.05) is 31.4 Å². The molecule has 0 aliphatic heterocycles. The fraction of sp³-hybridized carbons (Fsp3) is 0.312. The minimum atomic E-state index is -0.574. The van der Waals surface area contributed by atoms with Crippen molar-refractivity contribution in [3.8, 4) is 5.75 Å². The normalized spacial score (nSPS) is 10.6. The Morgan fingerprint density at radius 2 is 1.95 bits per heavy atom. The van der Waals surface area contributed by atoms with Crippen molar-refractivity contribution >= 4 is 11.8 Å². The second-order valence-electron chi connectivity index (χ2n) is 5.10. The molecule has 0 bridgehead atoms. The highest BCUT2D eigenvalue weighted by Gasteiger charge is 2.23. The zero-order valence-corrected chi connectivity index (χ0v) is 12.3. The summed E-state index contributed by atoms with van der Waals surface area (Å²) in [5.41, 5.74) is 0.00789. The van der Waals surface area contributed by atoms with Gasteiger partial charge in [0.15, 0.2) is 0 Å². The van der Waals surface area contributed by atoms with Crippen LogP contribution in [0.1, 0.15) is 20.8 Å². The number of benzene rings is 1. The number of nitrogens with zero attached hydrogens (tertiary/aromatic N) is 1. The molecule has 0 radical (unpaired) electrons. The molecule has 1 amide bonds. The van der Waals surface area contributed by atoms with E-state index in [-0.39, 0.29) is 0 Å². The zero-order chi connectivity index (χ0) is 15.2. The van der Waals surface area contributed by atoms with Crippen molar-refractivity contribution in [1.29, 1.82) is 0 Å². The smallest absolute Gasteiger partial charge is 0.419 e. The minimum Gasteiger partial charge on any atom is -0.487 e. The Bertz CT molecular complexity index is 489. The van der Waals surface area contributed by atoms with E-state index >= 15 is 0 Å². The summed E-state index contributed by atoms with van der Waals surface area (Å²) in [7, 11) is 0. The maximum atomic E-state index is 12.2. The average molecular weight is 275 g/mol. The van der Waals surface area contributed by atoms with Gasteiger partial charge in [-0.25, -0.2) is 4.79 Å². The van der Waals surface area contributed by atoms with Crippen molar-refractivity contribution < 1.29 is 14.3 Å². The quantitative estimate of drug-likeness (QED) is 0.758. The van der Waals surface area contributed by atoms with Gasteiger partial charge >= 0.3 is 6.09 Å². The molecule has 4 nitrogen and oxygen atoms in total. The van der Waals surface area contributed by atoms with Crippen molar-refractivity contribution in [3.05, 3.63) is 49.7 Å². The summed E-state index contributed by atoms with van der Waals surface area (Å²) in [6, 6.07) is 7.19. The van der Waals surface area contributed by atoms with Crippen LogP contribution in [0.2, 0.25) is 0 Å². The molecular formula is C16H21NO3. The van der Waals surface area contributed by atoms with E-state index in [0.717, 1.165) is 0 Å². The Kier molecular flexibility index (Phi) is 5.38. The third-order valence-electron chi connectivity index (χ3n) is 2.25. The van der Waals surface area contributed by atoms with Crippen LogP contribution in [0.4, 0.5) is 10.5 Å². The molecule has 1 rings (SSSR count). The molecule has 0 aromatic heterocycles. The monoisotopic (exact) mass is 275 g/mol. The number of rotatable bonds is 5. The van der Waals surface area contributed by atoms with E-state index in [2.05, 4.69) is 13.2 Å². The molecular weight excluding hydrogens is 254 g/mol. The standard InChI is InChI=1S/C16H21NO3/c1-6-12-19-14-11-9-8-10-13(14)17(7-2)15(18)20-16(3,4)5/h6-11H,1-2,12H2,3-5H3. The molecule has 0 aliphatic carbocycles. The number of para-hydroxylation sites is 2. The molecule has 0 N–H and O–H groups in total. The lowest BCUT2D eigenvalue weighted by atomic mass is 10.2. The lowest BCUT2D eigenvalue weighted by molar-refractivity contribution is 0.0596. The third kappa shape index (κ3) is 4.46. The lowest BCUT2D eigenvalue weighted by Gasteiger charge is -2.26. The molecule has 20 heavy (non-hydrogen) atoms. The minimum absolute atomic E-state index is 0.357. The van der Waals surface area contributed by atoms with Gasteiger partial charge in [0.1, 0.15) is 18.0 Å². The highest BCUT2D eigenvalue weighted by atomic mass is 16.6. The molecule has 1 aromatic rings. The van der Waals surface area contributed by atoms with Gasteiger partial charge in [0, 0.05) is 6.20 Å². The number of amides is 1. The molecule has 0 spiro atoms. The summed E-state index contributed by atoms with van der Waals surface area (Å²) in [6.45, 7) is 13.1. The first-order valence-electron chi connectivity index (χ1n) is 6.36. The summed E-state index contributed by atoms with van der Waals surface area (Å²) < 4.78 is 10.9. The Morgan fingerprint density at radius 1 is 1.30 bits per heavy atom. The van der Waals surface area contributed by atoms with Crippen LogP contribution < -0.4 is 9.64 Å². The number of carbonyl (C=O) groups is 1. The van der Waals surface area contributed by atoms with Crippen LogP contribution in [-0.2, 0) is 4.74 Å². The molecule has 108 valence electrons. The van der Waals surface area contributed by atoms with E-state index in [4.69, 9.17) is 9.47 Å². The van der Waals surface area contributed by atoms with Gasteiger partial charge in [-0.05, 0) is 32.9 Å². The largest absolute Gasteiger partial charge is 0.487 e. The van der Waals surface area contributed by atoms with E-state index in [1.165, 1.54) is 11.1 Å². The molecule has 0 atom stereocenters. The third-order valence-corrected chi connectivity index (χ3v) is 2.25. The number of hydrogen-bond acceptors (Lipinski definition) is 3. The zero-order valence-electron chi connectivity index (χ0n) is 12.3. The molecule has 0 aliphatic rings. The molecule has 0 saturated heterocycles. The summed E-state index contributed by atoms with van der Waals surface area (Å²) in [6.07, 6.45) is 2.55. The highest BCUT2D eigenvalue weighted by Crippen LogP contribution is 2.29. The summed E-state index contributed by atoms with van der Waals surface area (Å²) in [5, 5.41) is 0. The second kappa shape index (κ2) is 6.80. The topological polar surface area (TPSA) is 38.8 Å². The second-order valence-corrected chi connectivity index (χ2v) is 5.10. The van der Waals surface area contributed by atoms with Gasteiger partial charge in [-0.15, -0.1) is 0 Å². The number of carbonyl (C=O) groups excluding carboxylic acids is 1. The van der Waals surface area contributed by atoms with Crippen LogP contribution >= 0.6 is 0 Å². The van der Waals surface area contributed by atoms with E-state index < -0.39 is 11.7 Å². The molecule has 1 aromatic carbocycles. The summed E-state index contributed by atoms with van der Waals surface area (Å²) in [5.74, 6) is 0.568. The highest BCUT2D eigenvalue weighted by molar-refractivity contribution is 5.91. The van der Waals surface area contributed by atoms with Crippen LogP contribution in [-0.4, -0.2) is 18.3 Å². The van der Waals surface area contributed by atoms with E-state index in [9.17, 15) is 4.79 Å². The van der Waals surface area contributed by atoms with Gasteiger partial charge in [-0.2, -0.15) is 0 Å². The Balaban J connectivity index is 3.03. The van der Waals surface area contributed by atoms with Gasteiger partial charge in [0.05, 0.1) is 5.69 Å². The SMILES string of the molecule is C=CCOc1ccccc1N(C=C)C(=O)OC(C)(C)C. The lowest BCUT2D eigenvalue weighted by Crippen LogP contribution is -2.33. The van der Waals surface area contributed by atoms with Crippen LogP contribution in [0.3, 0.4) is 0 Å². The van der Waals surface area contributed by atoms with Crippen LogP contribution in [0.25, 0.3) is 0 Å². The Morgan fingerprint density at radius 3 is 2.50 bits per heavy atom. The van der Waals surface area contributed by atoms with Crippen molar-refractivity contribution in [3.63, 3.8) is 0 Å². The maximum absolute atomic E-state index is 12.2. The molecule has 0 unspecified atom stereocenters.